The molecule has 43 heavy (non-hydrogen) atoms. The van der Waals surface area contributed by atoms with Gasteiger partial charge in [0.15, 0.2) is 0 Å². The summed E-state index contributed by atoms with van der Waals surface area (Å²) < 4.78 is 96.4. The number of rotatable bonds is 5. The van der Waals surface area contributed by atoms with Gasteiger partial charge in [-0.05, 0) is 61.4 Å². The summed E-state index contributed by atoms with van der Waals surface area (Å²) in [5.74, 6) is -2.94. The predicted molar refractivity (Wildman–Crippen MR) is 141 cm³/mol. The summed E-state index contributed by atoms with van der Waals surface area (Å²) in [5, 5.41) is 5.15. The van der Waals surface area contributed by atoms with Crippen molar-refractivity contribution >= 4 is 34.8 Å². The summed E-state index contributed by atoms with van der Waals surface area (Å²) in [7, 11) is 1.24. The van der Waals surface area contributed by atoms with Crippen molar-refractivity contribution in [2.75, 3.05) is 23.4 Å². The Hall–Kier alpha value is -4.62. The minimum absolute atomic E-state index is 0.0320. The van der Waals surface area contributed by atoms with Gasteiger partial charge in [0.05, 0.1) is 29.0 Å². The molecule has 2 aliphatic rings. The van der Waals surface area contributed by atoms with Crippen LogP contribution in [0, 0.1) is 5.82 Å². The molecule has 5 rings (SSSR count). The van der Waals surface area contributed by atoms with Crippen LogP contribution in [-0.4, -0.2) is 42.9 Å². The third-order valence-corrected chi connectivity index (χ3v) is 7.35. The fourth-order valence-corrected chi connectivity index (χ4v) is 4.86. The van der Waals surface area contributed by atoms with E-state index in [4.69, 9.17) is 0 Å². The third-order valence-electron chi connectivity index (χ3n) is 7.35. The highest BCUT2D eigenvalue weighted by Gasteiger charge is 2.52. The molecular weight excluding hydrogens is 585 g/mol. The first kappa shape index (κ1) is 29.9. The number of halogens is 7. The van der Waals surface area contributed by atoms with E-state index in [1.807, 2.05) is 0 Å². The molecule has 7 nitrogen and oxygen atoms in total. The number of fused-ring (bicyclic) bond motifs is 1. The van der Waals surface area contributed by atoms with Crippen LogP contribution in [0.1, 0.15) is 34.3 Å². The molecule has 1 saturated carbocycles. The Balaban J connectivity index is 1.52. The van der Waals surface area contributed by atoms with Crippen LogP contribution >= 0.6 is 0 Å². The number of nitrogens with one attached hydrogen (secondary N) is 2. The molecule has 14 heteroatoms. The van der Waals surface area contributed by atoms with E-state index in [0.29, 0.717) is 12.1 Å². The average Bonchev–Trinajstić information content (AvgIpc) is 3.75. The summed E-state index contributed by atoms with van der Waals surface area (Å²) in [6, 6.07) is 10.4. The Kier molecular flexibility index (Phi) is 7.35. The van der Waals surface area contributed by atoms with Crippen molar-refractivity contribution in [2.45, 2.75) is 36.8 Å². The second-order valence-corrected chi connectivity index (χ2v) is 10.3. The van der Waals surface area contributed by atoms with Gasteiger partial charge in [0.2, 0.25) is 5.91 Å². The average molecular weight is 609 g/mol. The number of likely N-dealkylation sites (N-methyl/N-ethyl adjacent to an activating group) is 1. The maximum absolute atomic E-state index is 14.3. The molecule has 2 N–H and O–H groups in total. The van der Waals surface area contributed by atoms with Crippen LogP contribution in [0.15, 0.2) is 66.7 Å². The Bertz CT molecular complexity index is 1550. The third kappa shape index (κ3) is 5.99. The Labute approximate surface area is 240 Å². The molecule has 1 fully saturated rings. The van der Waals surface area contributed by atoms with Gasteiger partial charge in [-0.25, -0.2) is 4.39 Å². The molecule has 1 aliphatic heterocycles. The zero-order valence-corrected chi connectivity index (χ0v) is 22.3. The summed E-state index contributed by atoms with van der Waals surface area (Å²) in [4.78, 5) is 41.6. The minimum Gasteiger partial charge on any atom is -0.341 e. The highest BCUT2D eigenvalue weighted by Crippen LogP contribution is 2.43. The maximum atomic E-state index is 14.3. The van der Waals surface area contributed by atoms with Gasteiger partial charge < -0.3 is 20.4 Å². The second-order valence-electron chi connectivity index (χ2n) is 10.3. The zero-order valence-electron chi connectivity index (χ0n) is 22.3. The number of anilines is 3. The molecule has 0 aromatic heterocycles. The normalized spacial score (nSPS) is 18.0. The van der Waals surface area contributed by atoms with E-state index < -0.39 is 70.8 Å². The predicted octanol–water partition coefficient (Wildman–Crippen LogP) is 5.43. The smallest absolute Gasteiger partial charge is 0.341 e. The topological polar surface area (TPSA) is 81.8 Å². The van der Waals surface area contributed by atoms with Crippen molar-refractivity contribution in [3.63, 3.8) is 0 Å². The minimum atomic E-state index is -5.15. The van der Waals surface area contributed by atoms with Gasteiger partial charge in [0, 0.05) is 18.3 Å². The molecule has 1 atom stereocenters. The van der Waals surface area contributed by atoms with E-state index in [1.54, 1.807) is 18.2 Å². The summed E-state index contributed by atoms with van der Waals surface area (Å²) in [6.45, 7) is -0.602. The van der Waals surface area contributed by atoms with Crippen LogP contribution in [0.25, 0.3) is 0 Å². The number of benzene rings is 3. The van der Waals surface area contributed by atoms with Crippen molar-refractivity contribution in [2.24, 2.45) is 0 Å². The summed E-state index contributed by atoms with van der Waals surface area (Å²) >= 11 is 0. The van der Waals surface area contributed by atoms with E-state index in [0.717, 1.165) is 28.0 Å². The van der Waals surface area contributed by atoms with Crippen LogP contribution in [0.3, 0.4) is 0 Å². The van der Waals surface area contributed by atoms with Gasteiger partial charge in [0.25, 0.3) is 11.8 Å². The van der Waals surface area contributed by atoms with Crippen molar-refractivity contribution in [1.29, 1.82) is 0 Å². The van der Waals surface area contributed by atoms with Crippen LogP contribution < -0.4 is 20.4 Å². The fourth-order valence-electron chi connectivity index (χ4n) is 4.86. The molecule has 0 bridgehead atoms. The highest BCUT2D eigenvalue weighted by atomic mass is 19.4. The highest BCUT2D eigenvalue weighted by molar-refractivity contribution is 6.06. The van der Waals surface area contributed by atoms with E-state index >= 15 is 0 Å². The largest absolute Gasteiger partial charge is 0.416 e. The van der Waals surface area contributed by atoms with Gasteiger partial charge in [-0.1, -0.05) is 18.2 Å². The first-order valence-corrected chi connectivity index (χ1v) is 12.9. The SMILES string of the molecule is CN1C(=O)[C@H](NC(=O)C2(NC(=O)c3ccccc3)CC2)CN(c2cc(C(F)(F)F)cc(C(F)(F)F)c2)c2ccc(F)cc21. The molecule has 0 spiro atoms. The van der Waals surface area contributed by atoms with Gasteiger partial charge in [-0.15, -0.1) is 0 Å². The maximum Gasteiger partial charge on any atom is 0.416 e. The van der Waals surface area contributed by atoms with Gasteiger partial charge in [-0.2, -0.15) is 26.3 Å². The lowest BCUT2D eigenvalue weighted by atomic mass is 10.1. The summed E-state index contributed by atoms with van der Waals surface area (Å²) in [5.41, 5.74) is -5.08. The molecule has 0 unspecified atom stereocenters. The quantitative estimate of drug-likeness (QED) is 0.379. The molecule has 0 saturated heterocycles. The number of nitrogens with zero attached hydrogens (tertiary/aromatic N) is 2. The summed E-state index contributed by atoms with van der Waals surface area (Å²) in [6.07, 6.45) is -9.84. The number of carbonyl (C=O) groups is 3. The lowest BCUT2D eigenvalue weighted by Gasteiger charge is -2.29. The fraction of sp³-hybridized carbons (Fsp3) is 0.276. The molecular formula is C29H23F7N4O3. The number of hydrogen-bond donors (Lipinski definition) is 2. The van der Waals surface area contributed by atoms with Gasteiger partial charge >= 0.3 is 12.4 Å². The van der Waals surface area contributed by atoms with Crippen molar-refractivity contribution < 1.29 is 45.1 Å². The number of alkyl halides is 6. The molecule has 226 valence electrons. The first-order valence-electron chi connectivity index (χ1n) is 12.9. The number of amides is 3. The Morgan fingerprint density at radius 1 is 0.860 bits per heavy atom. The van der Waals surface area contributed by atoms with Crippen molar-refractivity contribution in [3.8, 4) is 0 Å². The molecule has 3 amide bonds. The first-order chi connectivity index (χ1) is 20.1. The Morgan fingerprint density at radius 2 is 1.47 bits per heavy atom. The standard InChI is InChI=1S/C29H23F7N4O3/c1-39-23-14-19(30)7-8-22(23)40(20-12-17(28(31,32)33)11-18(13-20)29(34,35)36)15-21(25(39)42)37-26(43)27(9-10-27)38-24(41)16-5-3-2-4-6-16/h2-8,11-14,21H,9-10,15H2,1H3,(H,37,43)(H,38,41)/t21-/m1/s1. The van der Waals surface area contributed by atoms with E-state index in [-0.39, 0.29) is 35.8 Å². The van der Waals surface area contributed by atoms with E-state index in [1.165, 1.54) is 19.2 Å². The molecule has 1 heterocycles. The van der Waals surface area contributed by atoms with Crippen LogP contribution in [0.5, 0.6) is 0 Å². The Morgan fingerprint density at radius 3 is 2.02 bits per heavy atom. The molecule has 0 radical (unpaired) electrons. The van der Waals surface area contributed by atoms with Gasteiger partial charge in [-0.3, -0.25) is 14.4 Å². The second kappa shape index (κ2) is 10.6. The van der Waals surface area contributed by atoms with Crippen LogP contribution in [0.4, 0.5) is 47.8 Å². The molecule has 1 aliphatic carbocycles. The van der Waals surface area contributed by atoms with E-state index in [9.17, 15) is 45.1 Å². The number of carbonyl (C=O) groups excluding carboxylic acids is 3. The molecule has 3 aromatic rings. The lowest BCUT2D eigenvalue weighted by molar-refractivity contribution is -0.143. The van der Waals surface area contributed by atoms with Crippen molar-refractivity contribution in [3.05, 3.63) is 89.2 Å². The monoisotopic (exact) mass is 608 g/mol. The van der Waals surface area contributed by atoms with Crippen LogP contribution in [-0.2, 0) is 21.9 Å². The van der Waals surface area contributed by atoms with Crippen molar-refractivity contribution in [1.82, 2.24) is 10.6 Å². The zero-order chi connectivity index (χ0) is 31.3. The molecule has 3 aromatic carbocycles. The lowest BCUT2D eigenvalue weighted by Crippen LogP contribution is -2.57. The van der Waals surface area contributed by atoms with Gasteiger partial charge in [0.1, 0.15) is 17.4 Å². The van der Waals surface area contributed by atoms with E-state index in [2.05, 4.69) is 10.6 Å². The van der Waals surface area contributed by atoms with Crippen LogP contribution in [0.2, 0.25) is 0 Å². The number of hydrogen-bond acceptors (Lipinski definition) is 4.